The number of likely N-dealkylation sites (N-methyl/N-ethyl adjacent to an activating group) is 1. The molecule has 3 aromatic carbocycles. The molecular weight excluding hydrogens is 330 g/mol. The first-order valence-electron chi connectivity index (χ1n) is 9.73. The molecule has 0 aromatic heterocycles. The zero-order valence-electron chi connectivity index (χ0n) is 16.7. The lowest BCUT2D eigenvalue weighted by atomic mass is 10.0. The van der Waals surface area contributed by atoms with Crippen molar-refractivity contribution < 1.29 is 4.74 Å². The third-order valence-electron chi connectivity index (χ3n) is 4.35. The van der Waals surface area contributed by atoms with Gasteiger partial charge in [0.15, 0.2) is 0 Å². The van der Waals surface area contributed by atoms with Gasteiger partial charge in [-0.3, -0.25) is 0 Å². The molecule has 3 rings (SSSR count). The zero-order valence-corrected chi connectivity index (χ0v) is 16.7. The molecule has 0 heterocycles. The minimum absolute atomic E-state index is 0.563. The second kappa shape index (κ2) is 11.8. The smallest absolute Gasteiger partial charge is 0.119 e. The minimum Gasteiger partial charge on any atom is -0.492 e. The van der Waals surface area contributed by atoms with Crippen molar-refractivity contribution in [2.24, 2.45) is 0 Å². The molecule has 0 saturated heterocycles. The number of nitrogens with zero attached hydrogens (tertiary/aromatic N) is 1. The maximum absolute atomic E-state index is 5.85. The van der Waals surface area contributed by atoms with E-state index >= 15 is 0 Å². The van der Waals surface area contributed by atoms with E-state index in [0.29, 0.717) is 12.5 Å². The molecule has 3 aromatic rings. The fourth-order valence-electron chi connectivity index (χ4n) is 2.72. The summed E-state index contributed by atoms with van der Waals surface area (Å²) in [6.07, 6.45) is 0. The van der Waals surface area contributed by atoms with E-state index in [2.05, 4.69) is 74.2 Å². The topological polar surface area (TPSA) is 12.5 Å². The molecule has 27 heavy (non-hydrogen) atoms. The molecule has 0 aliphatic rings. The third kappa shape index (κ3) is 7.57. The molecule has 0 saturated carbocycles. The molecule has 0 amide bonds. The van der Waals surface area contributed by atoms with Crippen molar-refractivity contribution in [1.29, 1.82) is 0 Å². The lowest BCUT2D eigenvalue weighted by Crippen LogP contribution is -2.27. The van der Waals surface area contributed by atoms with Crippen LogP contribution in [0.25, 0.3) is 0 Å². The number of anilines is 1. The fraction of sp³-hybridized carbons (Fsp3) is 0.280. The summed E-state index contributed by atoms with van der Waals surface area (Å²) in [7, 11) is 0. The molecule has 2 heteroatoms. The van der Waals surface area contributed by atoms with Crippen molar-refractivity contribution >= 4 is 5.69 Å². The van der Waals surface area contributed by atoms with Gasteiger partial charge in [-0.1, -0.05) is 80.6 Å². The van der Waals surface area contributed by atoms with Crippen LogP contribution in [0.1, 0.15) is 32.3 Å². The SMILES string of the molecule is CCN(CCOc1ccc(C(C)C)cc1)c1ccccc1.c1ccccc1. The van der Waals surface area contributed by atoms with E-state index in [4.69, 9.17) is 4.74 Å². The van der Waals surface area contributed by atoms with E-state index in [1.807, 2.05) is 42.5 Å². The van der Waals surface area contributed by atoms with Gasteiger partial charge in [-0.15, -0.1) is 0 Å². The number of hydrogen-bond donors (Lipinski definition) is 0. The Morgan fingerprint density at radius 2 is 1.26 bits per heavy atom. The Morgan fingerprint density at radius 1 is 0.741 bits per heavy atom. The Hall–Kier alpha value is -2.74. The highest BCUT2D eigenvalue weighted by atomic mass is 16.5. The van der Waals surface area contributed by atoms with E-state index < -0.39 is 0 Å². The van der Waals surface area contributed by atoms with Crippen molar-refractivity contribution in [3.05, 3.63) is 96.6 Å². The monoisotopic (exact) mass is 361 g/mol. The summed E-state index contributed by atoms with van der Waals surface area (Å²) in [6.45, 7) is 9.16. The van der Waals surface area contributed by atoms with Crippen LogP contribution in [0, 0.1) is 0 Å². The number of rotatable bonds is 7. The molecule has 0 radical (unpaired) electrons. The Balaban J connectivity index is 0.000000369. The van der Waals surface area contributed by atoms with Gasteiger partial charge in [0.1, 0.15) is 12.4 Å². The first-order valence-corrected chi connectivity index (χ1v) is 9.73. The molecule has 0 aliphatic heterocycles. The van der Waals surface area contributed by atoms with Gasteiger partial charge in [0.2, 0.25) is 0 Å². The summed E-state index contributed by atoms with van der Waals surface area (Å²) < 4.78 is 5.85. The van der Waals surface area contributed by atoms with Crippen LogP contribution in [0.5, 0.6) is 5.75 Å². The van der Waals surface area contributed by atoms with E-state index in [1.165, 1.54) is 11.3 Å². The molecule has 0 N–H and O–H groups in total. The highest BCUT2D eigenvalue weighted by Crippen LogP contribution is 2.19. The molecule has 0 unspecified atom stereocenters. The second-order valence-electron chi connectivity index (χ2n) is 6.64. The summed E-state index contributed by atoms with van der Waals surface area (Å²) >= 11 is 0. The number of para-hydroxylation sites is 1. The van der Waals surface area contributed by atoms with Gasteiger partial charge in [0.05, 0.1) is 6.54 Å². The molecule has 0 bridgehead atoms. The third-order valence-corrected chi connectivity index (χ3v) is 4.35. The Bertz CT molecular complexity index is 697. The van der Waals surface area contributed by atoms with Gasteiger partial charge in [-0.2, -0.15) is 0 Å². The van der Waals surface area contributed by atoms with Crippen LogP contribution in [-0.2, 0) is 0 Å². The lowest BCUT2D eigenvalue weighted by molar-refractivity contribution is 0.324. The Kier molecular flexibility index (Phi) is 8.99. The Morgan fingerprint density at radius 3 is 1.74 bits per heavy atom. The van der Waals surface area contributed by atoms with Crippen LogP contribution in [-0.4, -0.2) is 19.7 Å². The van der Waals surface area contributed by atoms with Crippen LogP contribution in [0.3, 0.4) is 0 Å². The minimum atomic E-state index is 0.563. The summed E-state index contributed by atoms with van der Waals surface area (Å²) in [6, 6.07) is 30.9. The van der Waals surface area contributed by atoms with Crippen LogP contribution in [0.2, 0.25) is 0 Å². The maximum atomic E-state index is 5.85. The van der Waals surface area contributed by atoms with E-state index in [0.717, 1.165) is 18.8 Å². The summed E-state index contributed by atoms with van der Waals surface area (Å²) in [4.78, 5) is 2.32. The molecule has 0 aliphatic carbocycles. The van der Waals surface area contributed by atoms with Gasteiger partial charge in [-0.25, -0.2) is 0 Å². The van der Waals surface area contributed by atoms with Crippen molar-refractivity contribution in [3.8, 4) is 5.75 Å². The largest absolute Gasteiger partial charge is 0.492 e. The molecule has 0 spiro atoms. The molecular formula is C25H31NO. The first-order chi connectivity index (χ1) is 13.2. The zero-order chi connectivity index (χ0) is 19.3. The lowest BCUT2D eigenvalue weighted by Gasteiger charge is -2.23. The van der Waals surface area contributed by atoms with Gasteiger partial charge in [-0.05, 0) is 42.7 Å². The highest BCUT2D eigenvalue weighted by Gasteiger charge is 2.04. The van der Waals surface area contributed by atoms with Gasteiger partial charge in [0, 0.05) is 12.2 Å². The van der Waals surface area contributed by atoms with Gasteiger partial charge in [0.25, 0.3) is 0 Å². The van der Waals surface area contributed by atoms with Crippen molar-refractivity contribution in [1.82, 2.24) is 0 Å². The van der Waals surface area contributed by atoms with Crippen LogP contribution >= 0.6 is 0 Å². The number of ether oxygens (including phenoxy) is 1. The average Bonchev–Trinajstić information content (AvgIpc) is 2.74. The van der Waals surface area contributed by atoms with Crippen LogP contribution in [0.15, 0.2) is 91.0 Å². The molecule has 142 valence electrons. The number of benzene rings is 3. The van der Waals surface area contributed by atoms with Crippen LogP contribution in [0.4, 0.5) is 5.69 Å². The average molecular weight is 362 g/mol. The predicted octanol–water partition coefficient (Wildman–Crippen LogP) is 6.40. The summed E-state index contributed by atoms with van der Waals surface area (Å²) in [5, 5.41) is 0. The van der Waals surface area contributed by atoms with E-state index in [9.17, 15) is 0 Å². The summed E-state index contributed by atoms with van der Waals surface area (Å²) in [5.41, 5.74) is 2.60. The van der Waals surface area contributed by atoms with Gasteiger partial charge >= 0.3 is 0 Å². The molecule has 0 atom stereocenters. The quantitative estimate of drug-likeness (QED) is 0.482. The van der Waals surface area contributed by atoms with Crippen molar-refractivity contribution in [2.75, 3.05) is 24.6 Å². The fourth-order valence-corrected chi connectivity index (χ4v) is 2.72. The molecule has 2 nitrogen and oxygen atoms in total. The van der Waals surface area contributed by atoms with E-state index in [1.54, 1.807) is 0 Å². The molecule has 0 fully saturated rings. The standard InChI is InChI=1S/C19H25NO.C6H6/c1-4-20(18-8-6-5-7-9-18)14-15-21-19-12-10-17(11-13-19)16(2)3;1-2-4-6-5-3-1/h5-13,16H,4,14-15H2,1-3H3;1-6H. The second-order valence-corrected chi connectivity index (χ2v) is 6.64. The van der Waals surface area contributed by atoms with Crippen molar-refractivity contribution in [3.63, 3.8) is 0 Å². The number of hydrogen-bond acceptors (Lipinski definition) is 2. The van der Waals surface area contributed by atoms with E-state index in [-0.39, 0.29) is 0 Å². The van der Waals surface area contributed by atoms with Gasteiger partial charge < -0.3 is 9.64 Å². The Labute approximate surface area is 164 Å². The maximum Gasteiger partial charge on any atom is 0.119 e. The highest BCUT2D eigenvalue weighted by molar-refractivity contribution is 5.45. The summed E-state index contributed by atoms with van der Waals surface area (Å²) in [5.74, 6) is 1.51. The predicted molar refractivity (Wildman–Crippen MR) is 117 cm³/mol. The van der Waals surface area contributed by atoms with Crippen molar-refractivity contribution in [2.45, 2.75) is 26.7 Å². The van der Waals surface area contributed by atoms with Crippen LogP contribution < -0.4 is 9.64 Å². The normalized spacial score (nSPS) is 10.1. The first kappa shape index (κ1) is 20.6.